The number of rotatable bonds is 7. The third-order valence-electron chi connectivity index (χ3n) is 6.53. The number of phenolic OH excluding ortho intramolecular Hbond substituents is 1. The van der Waals surface area contributed by atoms with Gasteiger partial charge in [0.05, 0.1) is 10.6 Å². The molecule has 0 bridgehead atoms. The minimum atomic E-state index is 0. The Balaban J connectivity index is 0.00000253. The molecule has 0 atom stereocenters. The molecule has 0 unspecified atom stereocenters. The number of hydrogen-bond acceptors (Lipinski definition) is 5. The summed E-state index contributed by atoms with van der Waals surface area (Å²) in [5.41, 5.74) is 4.11. The second-order valence-electron chi connectivity index (χ2n) is 9.19. The Labute approximate surface area is 215 Å². The van der Waals surface area contributed by atoms with E-state index in [1.54, 1.807) is 12.1 Å². The molecule has 3 aromatic carbocycles. The van der Waals surface area contributed by atoms with E-state index in [1.165, 1.54) is 19.4 Å². The number of hydrogen-bond donors (Lipinski definition) is 1. The number of aromatic nitrogens is 1. The molecule has 2 heterocycles. The molecule has 0 spiro atoms. The highest BCUT2D eigenvalue weighted by molar-refractivity contribution is 6.33. The number of halogens is 2. The van der Waals surface area contributed by atoms with Gasteiger partial charge >= 0.3 is 0 Å². The second kappa shape index (κ2) is 9.94. The van der Waals surface area contributed by atoms with Gasteiger partial charge in [0.1, 0.15) is 23.3 Å². The van der Waals surface area contributed by atoms with Crippen LogP contribution in [0, 0.1) is 5.92 Å². The molecular weight excluding hydrogens is 483 g/mol. The Morgan fingerprint density at radius 3 is 2.31 bits per heavy atom. The summed E-state index contributed by atoms with van der Waals surface area (Å²) in [5.74, 6) is 2.60. The van der Waals surface area contributed by atoms with Gasteiger partial charge in [0.15, 0.2) is 5.76 Å². The first-order valence-corrected chi connectivity index (χ1v) is 12.1. The maximum Gasteiger partial charge on any atom is 0.175 e. The standard InChI is InChI=1S/C28H25ClN2O3.ClH/c29-25-4-2-1-3-24(25)27-26(28(34-30-27)20-7-11-21(32)12-8-20)19-9-13-22(14-10-19)33-23-16-31(17-23)15-18-5-6-18;/h1-4,7-14,18,23,32H,5-6,15-17H2;1H. The average Bonchev–Trinajstić information content (AvgIpc) is 3.55. The van der Waals surface area contributed by atoms with E-state index in [1.807, 2.05) is 60.7 Å². The highest BCUT2D eigenvalue weighted by Crippen LogP contribution is 2.42. The van der Waals surface area contributed by atoms with E-state index in [4.69, 9.17) is 20.9 Å². The van der Waals surface area contributed by atoms with E-state index in [0.717, 1.165) is 47.0 Å². The minimum absolute atomic E-state index is 0. The third kappa shape index (κ3) is 5.03. The molecule has 1 saturated carbocycles. The number of benzene rings is 3. The summed E-state index contributed by atoms with van der Waals surface area (Å²) in [6, 6.07) is 22.6. The zero-order valence-electron chi connectivity index (χ0n) is 19.1. The molecule has 0 amide bonds. The van der Waals surface area contributed by atoms with Gasteiger partial charge in [-0.2, -0.15) is 0 Å². The summed E-state index contributed by atoms with van der Waals surface area (Å²) in [5, 5.41) is 14.7. The van der Waals surface area contributed by atoms with E-state index in [9.17, 15) is 5.11 Å². The molecule has 0 radical (unpaired) electrons. The van der Waals surface area contributed by atoms with Gasteiger partial charge in [0.25, 0.3) is 0 Å². The van der Waals surface area contributed by atoms with Crippen LogP contribution in [0.25, 0.3) is 33.7 Å². The zero-order valence-corrected chi connectivity index (χ0v) is 20.6. The van der Waals surface area contributed by atoms with Gasteiger partial charge < -0.3 is 14.4 Å². The number of phenols is 1. The molecule has 2 aliphatic rings. The van der Waals surface area contributed by atoms with Crippen LogP contribution in [-0.4, -0.2) is 40.9 Å². The lowest BCUT2D eigenvalue weighted by Crippen LogP contribution is -2.54. The highest BCUT2D eigenvalue weighted by Gasteiger charge is 2.33. The molecular formula is C28H26Cl2N2O3. The first kappa shape index (κ1) is 23.7. The topological polar surface area (TPSA) is 58.7 Å². The maximum absolute atomic E-state index is 9.72. The van der Waals surface area contributed by atoms with Gasteiger partial charge in [-0.1, -0.05) is 47.1 Å². The molecule has 2 fully saturated rings. The predicted molar refractivity (Wildman–Crippen MR) is 140 cm³/mol. The summed E-state index contributed by atoms with van der Waals surface area (Å²) < 4.78 is 12.0. The first-order chi connectivity index (χ1) is 16.6. The number of nitrogens with zero attached hydrogens (tertiary/aromatic N) is 2. The fourth-order valence-electron chi connectivity index (χ4n) is 4.51. The Hall–Kier alpha value is -2.99. The van der Waals surface area contributed by atoms with Crippen LogP contribution < -0.4 is 4.74 Å². The Bertz CT molecular complexity index is 1290. The summed E-state index contributed by atoms with van der Waals surface area (Å²) in [6.07, 6.45) is 3.02. The van der Waals surface area contributed by atoms with E-state index in [2.05, 4.69) is 10.1 Å². The summed E-state index contributed by atoms with van der Waals surface area (Å²) in [6.45, 7) is 3.23. The summed E-state index contributed by atoms with van der Waals surface area (Å²) >= 11 is 6.51. The Kier molecular flexibility index (Phi) is 6.74. The Morgan fingerprint density at radius 1 is 0.943 bits per heavy atom. The van der Waals surface area contributed by atoms with Crippen molar-refractivity contribution in [2.24, 2.45) is 5.92 Å². The van der Waals surface area contributed by atoms with Crippen LogP contribution in [0.2, 0.25) is 5.02 Å². The van der Waals surface area contributed by atoms with Crippen molar-refractivity contribution >= 4 is 24.0 Å². The van der Waals surface area contributed by atoms with E-state index >= 15 is 0 Å². The van der Waals surface area contributed by atoms with Crippen LogP contribution in [0.4, 0.5) is 0 Å². The van der Waals surface area contributed by atoms with E-state index in [0.29, 0.717) is 16.5 Å². The average molecular weight is 509 g/mol. The predicted octanol–water partition coefficient (Wildman–Crippen LogP) is 6.93. The van der Waals surface area contributed by atoms with Gasteiger partial charge in [0, 0.05) is 30.8 Å². The molecule has 180 valence electrons. The van der Waals surface area contributed by atoms with Gasteiger partial charge in [-0.15, -0.1) is 12.4 Å². The zero-order chi connectivity index (χ0) is 23.1. The minimum Gasteiger partial charge on any atom is -0.508 e. The number of aromatic hydroxyl groups is 1. The number of ether oxygens (including phenoxy) is 1. The van der Waals surface area contributed by atoms with Gasteiger partial charge in [-0.05, 0) is 66.8 Å². The fourth-order valence-corrected chi connectivity index (χ4v) is 4.73. The smallest absolute Gasteiger partial charge is 0.175 e. The molecule has 1 saturated heterocycles. The van der Waals surface area contributed by atoms with Gasteiger partial charge in [-0.25, -0.2) is 0 Å². The van der Waals surface area contributed by atoms with E-state index in [-0.39, 0.29) is 24.3 Å². The molecule has 1 aromatic heterocycles. The van der Waals surface area contributed by atoms with Crippen molar-refractivity contribution < 1.29 is 14.4 Å². The molecule has 7 heteroatoms. The molecule has 1 aliphatic carbocycles. The van der Waals surface area contributed by atoms with Crippen LogP contribution in [0.5, 0.6) is 11.5 Å². The quantitative estimate of drug-likeness (QED) is 0.293. The molecule has 6 rings (SSSR count). The van der Waals surface area contributed by atoms with Crippen molar-refractivity contribution in [3.05, 3.63) is 77.8 Å². The first-order valence-electron chi connectivity index (χ1n) is 11.7. The van der Waals surface area contributed by atoms with Crippen molar-refractivity contribution in [3.63, 3.8) is 0 Å². The third-order valence-corrected chi connectivity index (χ3v) is 6.86. The molecule has 35 heavy (non-hydrogen) atoms. The highest BCUT2D eigenvalue weighted by atomic mass is 35.5. The van der Waals surface area contributed by atoms with Crippen molar-refractivity contribution in [1.82, 2.24) is 10.1 Å². The lowest BCUT2D eigenvalue weighted by molar-refractivity contribution is 0.0172. The van der Waals surface area contributed by atoms with Crippen LogP contribution >= 0.6 is 24.0 Å². The molecule has 1 aliphatic heterocycles. The lowest BCUT2D eigenvalue weighted by Gasteiger charge is -2.39. The van der Waals surface area contributed by atoms with Crippen LogP contribution in [0.15, 0.2) is 77.3 Å². The fraction of sp³-hybridized carbons (Fsp3) is 0.250. The lowest BCUT2D eigenvalue weighted by atomic mass is 9.96. The number of likely N-dealkylation sites (tertiary alicyclic amines) is 1. The normalized spacial score (nSPS) is 15.9. The van der Waals surface area contributed by atoms with Crippen molar-refractivity contribution in [3.8, 4) is 45.2 Å². The van der Waals surface area contributed by atoms with Gasteiger partial charge in [-0.3, -0.25) is 4.90 Å². The van der Waals surface area contributed by atoms with Gasteiger partial charge in [0.2, 0.25) is 0 Å². The summed E-state index contributed by atoms with van der Waals surface area (Å²) in [4.78, 5) is 2.48. The van der Waals surface area contributed by atoms with Crippen LogP contribution in [0.1, 0.15) is 12.8 Å². The SMILES string of the molecule is Cl.Oc1ccc(-c2onc(-c3ccccc3Cl)c2-c2ccc(OC3CN(CC4CC4)C3)cc2)cc1. The van der Waals surface area contributed by atoms with E-state index < -0.39 is 0 Å². The molecule has 1 N–H and O–H groups in total. The van der Waals surface area contributed by atoms with Crippen LogP contribution in [0.3, 0.4) is 0 Å². The van der Waals surface area contributed by atoms with Crippen molar-refractivity contribution in [1.29, 1.82) is 0 Å². The largest absolute Gasteiger partial charge is 0.508 e. The monoisotopic (exact) mass is 508 g/mol. The second-order valence-corrected chi connectivity index (χ2v) is 9.60. The maximum atomic E-state index is 9.72. The Morgan fingerprint density at radius 2 is 1.63 bits per heavy atom. The van der Waals surface area contributed by atoms with Crippen molar-refractivity contribution in [2.75, 3.05) is 19.6 Å². The molecule has 4 aromatic rings. The summed E-state index contributed by atoms with van der Waals surface area (Å²) in [7, 11) is 0. The van der Waals surface area contributed by atoms with Crippen LogP contribution in [-0.2, 0) is 0 Å². The van der Waals surface area contributed by atoms with Crippen molar-refractivity contribution in [2.45, 2.75) is 18.9 Å². The molecule has 5 nitrogen and oxygen atoms in total.